The molecule has 2 aromatic carbocycles. The largest absolute Gasteiger partial charge is 0.282 e. The van der Waals surface area contributed by atoms with Crippen LogP contribution in [0.3, 0.4) is 0 Å². The summed E-state index contributed by atoms with van der Waals surface area (Å²) in [5.41, 5.74) is 3.72. The van der Waals surface area contributed by atoms with Crippen molar-refractivity contribution in [1.29, 1.82) is 5.26 Å². The van der Waals surface area contributed by atoms with E-state index in [9.17, 15) is 4.79 Å². The van der Waals surface area contributed by atoms with Gasteiger partial charge < -0.3 is 0 Å². The summed E-state index contributed by atoms with van der Waals surface area (Å²) >= 11 is 11.6. The molecule has 0 aliphatic heterocycles. The van der Waals surface area contributed by atoms with Crippen LogP contribution in [0.1, 0.15) is 11.1 Å². The van der Waals surface area contributed by atoms with Crippen LogP contribution >= 0.6 is 23.2 Å². The summed E-state index contributed by atoms with van der Waals surface area (Å²) in [6.45, 7) is 0. The molecule has 0 fully saturated rings. The maximum atomic E-state index is 11.9. The van der Waals surface area contributed by atoms with Crippen LogP contribution in [0.15, 0.2) is 59.2 Å². The van der Waals surface area contributed by atoms with Crippen molar-refractivity contribution in [3.8, 4) is 6.07 Å². The van der Waals surface area contributed by atoms with Crippen molar-refractivity contribution >= 4 is 41.4 Å². The Bertz CT molecular complexity index is 788. The first kappa shape index (κ1) is 16.8. The van der Waals surface area contributed by atoms with Crippen LogP contribution in [0.5, 0.6) is 0 Å². The van der Waals surface area contributed by atoms with Gasteiger partial charge in [-0.3, -0.25) is 4.79 Å². The fraction of sp³-hybridized carbons (Fsp3) is 0. The highest BCUT2D eigenvalue weighted by Gasteiger charge is 2.07. The molecule has 0 spiro atoms. The van der Waals surface area contributed by atoms with Crippen LogP contribution in [0.2, 0.25) is 10.0 Å². The highest BCUT2D eigenvalue weighted by molar-refractivity contribution is 6.30. The molecule has 0 unspecified atom stereocenters. The second-order valence-electron chi connectivity index (χ2n) is 4.47. The van der Waals surface area contributed by atoms with Gasteiger partial charge in [-0.05, 0) is 41.5 Å². The van der Waals surface area contributed by atoms with Crippen LogP contribution in [0, 0.1) is 11.3 Å². The maximum absolute atomic E-state index is 11.9. The van der Waals surface area contributed by atoms with E-state index >= 15 is 0 Å². The number of halogens is 2. The molecule has 1 amide bonds. The molecule has 2 rings (SSSR count). The second-order valence-corrected chi connectivity index (χ2v) is 5.34. The highest BCUT2D eigenvalue weighted by Crippen LogP contribution is 2.12. The van der Waals surface area contributed by atoms with Crippen LogP contribution in [-0.4, -0.2) is 12.1 Å². The summed E-state index contributed by atoms with van der Waals surface area (Å²) in [6.07, 6.45) is 2.93. The maximum Gasteiger partial charge on any atom is 0.282 e. The zero-order valence-electron chi connectivity index (χ0n) is 11.8. The zero-order valence-corrected chi connectivity index (χ0v) is 13.3. The lowest BCUT2D eigenvalue weighted by Gasteiger charge is -1.99. The van der Waals surface area contributed by atoms with Gasteiger partial charge in [0.05, 0.1) is 6.21 Å². The summed E-state index contributed by atoms with van der Waals surface area (Å²) < 4.78 is 0. The van der Waals surface area contributed by atoms with Crippen molar-refractivity contribution in [3.63, 3.8) is 0 Å². The number of amides is 1. The molecular formula is C17H11Cl2N3O. The average Bonchev–Trinajstić information content (AvgIpc) is 2.56. The van der Waals surface area contributed by atoms with Gasteiger partial charge in [0.2, 0.25) is 0 Å². The van der Waals surface area contributed by atoms with Crippen molar-refractivity contribution in [1.82, 2.24) is 5.43 Å². The van der Waals surface area contributed by atoms with E-state index in [1.165, 1.54) is 12.3 Å². The number of hydrogen-bond acceptors (Lipinski definition) is 3. The van der Waals surface area contributed by atoms with Crippen molar-refractivity contribution in [2.75, 3.05) is 0 Å². The summed E-state index contributed by atoms with van der Waals surface area (Å²) in [6, 6.07) is 15.6. The van der Waals surface area contributed by atoms with E-state index in [1.54, 1.807) is 48.5 Å². The monoisotopic (exact) mass is 343 g/mol. The van der Waals surface area contributed by atoms with Crippen LogP contribution in [-0.2, 0) is 4.79 Å². The number of hydrogen-bond donors (Lipinski definition) is 1. The number of rotatable bonds is 4. The summed E-state index contributed by atoms with van der Waals surface area (Å²) in [5, 5.41) is 14.1. The van der Waals surface area contributed by atoms with Crippen LogP contribution in [0.25, 0.3) is 6.08 Å². The first-order valence-electron chi connectivity index (χ1n) is 6.55. The molecule has 23 heavy (non-hydrogen) atoms. The van der Waals surface area contributed by atoms with E-state index in [1.807, 2.05) is 6.07 Å². The lowest BCUT2D eigenvalue weighted by Crippen LogP contribution is -2.18. The number of carbonyl (C=O) groups excluding carboxylic acids is 1. The molecule has 2 aromatic rings. The Balaban J connectivity index is 2.04. The number of benzene rings is 2. The smallest absolute Gasteiger partial charge is 0.267 e. The third kappa shape index (κ3) is 5.26. The first-order valence-corrected chi connectivity index (χ1v) is 7.30. The van der Waals surface area contributed by atoms with Crippen molar-refractivity contribution in [3.05, 3.63) is 75.3 Å². The lowest BCUT2D eigenvalue weighted by atomic mass is 10.1. The summed E-state index contributed by atoms with van der Waals surface area (Å²) in [7, 11) is 0. The van der Waals surface area contributed by atoms with Gasteiger partial charge in [-0.2, -0.15) is 10.4 Å². The van der Waals surface area contributed by atoms with Gasteiger partial charge in [-0.1, -0.05) is 47.5 Å². The van der Waals surface area contributed by atoms with E-state index < -0.39 is 5.91 Å². The highest BCUT2D eigenvalue weighted by atomic mass is 35.5. The van der Waals surface area contributed by atoms with E-state index in [0.29, 0.717) is 15.6 Å². The Morgan fingerprint density at radius 2 is 1.52 bits per heavy atom. The minimum atomic E-state index is -0.590. The molecule has 0 aliphatic rings. The molecule has 0 saturated carbocycles. The first-order chi connectivity index (χ1) is 11.1. The molecule has 0 bridgehead atoms. The van der Waals surface area contributed by atoms with Gasteiger partial charge in [-0.25, -0.2) is 5.43 Å². The fourth-order valence-electron chi connectivity index (χ4n) is 1.65. The van der Waals surface area contributed by atoms with E-state index in [4.69, 9.17) is 28.5 Å². The van der Waals surface area contributed by atoms with E-state index in [0.717, 1.165) is 5.56 Å². The Labute approximate surface area is 143 Å². The van der Waals surface area contributed by atoms with Gasteiger partial charge in [-0.15, -0.1) is 0 Å². The number of nitrogens with one attached hydrogen (secondary N) is 1. The number of carbonyl (C=O) groups is 1. The van der Waals surface area contributed by atoms with Crippen LogP contribution < -0.4 is 5.43 Å². The van der Waals surface area contributed by atoms with E-state index in [-0.39, 0.29) is 5.57 Å². The quantitative estimate of drug-likeness (QED) is 0.394. The number of nitrogens with zero attached hydrogens (tertiary/aromatic N) is 2. The minimum Gasteiger partial charge on any atom is -0.267 e. The normalized spacial score (nSPS) is 11.3. The molecule has 114 valence electrons. The van der Waals surface area contributed by atoms with Crippen molar-refractivity contribution in [2.45, 2.75) is 0 Å². The van der Waals surface area contributed by atoms with E-state index in [2.05, 4.69) is 10.5 Å². The van der Waals surface area contributed by atoms with Gasteiger partial charge in [0, 0.05) is 10.0 Å². The predicted octanol–water partition coefficient (Wildman–Crippen LogP) is 4.05. The van der Waals surface area contributed by atoms with Crippen LogP contribution in [0.4, 0.5) is 0 Å². The molecule has 0 aliphatic carbocycles. The Morgan fingerprint density at radius 1 is 1.00 bits per heavy atom. The Hall–Kier alpha value is -2.61. The SMILES string of the molecule is N#C/C(=C/c1ccc(Cl)cc1)C(=O)N/N=C\c1ccc(Cl)cc1. The Kier molecular flexibility index (Phi) is 5.93. The molecule has 0 radical (unpaired) electrons. The zero-order chi connectivity index (χ0) is 16.7. The second kappa shape index (κ2) is 8.14. The third-order valence-corrected chi connectivity index (χ3v) is 3.30. The molecule has 0 saturated heterocycles. The third-order valence-electron chi connectivity index (χ3n) is 2.80. The Morgan fingerprint density at radius 3 is 2.04 bits per heavy atom. The summed E-state index contributed by atoms with van der Waals surface area (Å²) in [4.78, 5) is 11.9. The molecule has 1 N–H and O–H groups in total. The molecule has 4 nitrogen and oxygen atoms in total. The average molecular weight is 344 g/mol. The predicted molar refractivity (Wildman–Crippen MR) is 92.2 cm³/mol. The topological polar surface area (TPSA) is 65.2 Å². The molecule has 0 heterocycles. The molecular weight excluding hydrogens is 333 g/mol. The van der Waals surface area contributed by atoms with Gasteiger partial charge in [0.15, 0.2) is 0 Å². The lowest BCUT2D eigenvalue weighted by molar-refractivity contribution is -0.117. The number of hydrazone groups is 1. The summed E-state index contributed by atoms with van der Waals surface area (Å²) in [5.74, 6) is -0.590. The van der Waals surface area contributed by atoms with Crippen molar-refractivity contribution < 1.29 is 4.79 Å². The van der Waals surface area contributed by atoms with Gasteiger partial charge in [0.1, 0.15) is 11.6 Å². The molecule has 0 aromatic heterocycles. The molecule has 6 heteroatoms. The number of nitriles is 1. The standard InChI is InChI=1S/C17H11Cl2N3O/c18-15-5-1-12(2-6-15)9-14(10-20)17(23)22-21-11-13-3-7-16(19)8-4-13/h1-9,11H,(H,22,23)/b14-9-,21-11-. The fourth-order valence-corrected chi connectivity index (χ4v) is 1.90. The van der Waals surface area contributed by atoms with Gasteiger partial charge >= 0.3 is 0 Å². The minimum absolute atomic E-state index is 0.0550. The molecule has 0 atom stereocenters. The van der Waals surface area contributed by atoms with Gasteiger partial charge in [0.25, 0.3) is 5.91 Å². The van der Waals surface area contributed by atoms with Crippen molar-refractivity contribution in [2.24, 2.45) is 5.10 Å².